The molecule has 0 amide bonds. The number of piperidine rings is 1. The van der Waals surface area contributed by atoms with Gasteiger partial charge in [0.05, 0.1) is 0 Å². The van der Waals surface area contributed by atoms with Crippen LogP contribution >= 0.6 is 11.3 Å². The fraction of sp³-hybridized carbons (Fsp3) is 0.778. The molecule has 2 heterocycles. The van der Waals surface area contributed by atoms with Crippen molar-refractivity contribution >= 4 is 11.3 Å². The van der Waals surface area contributed by atoms with Crippen molar-refractivity contribution in [1.82, 2.24) is 15.5 Å². The Morgan fingerprint density at radius 1 is 1.25 bits per heavy atom. The molecule has 7 heteroatoms. The molecule has 0 aliphatic carbocycles. The summed E-state index contributed by atoms with van der Waals surface area (Å²) in [5.74, 6) is 0.440. The molecular weight excluding hydrogens is 239 g/mol. The molecule has 1 N–H and O–H groups in total. The van der Waals surface area contributed by atoms with Gasteiger partial charge < -0.3 is 5.32 Å². The molecule has 0 aromatic carbocycles. The number of nitrogens with one attached hydrogen (secondary N) is 1. The van der Waals surface area contributed by atoms with Crippen LogP contribution in [0.25, 0.3) is 0 Å². The van der Waals surface area contributed by atoms with Crippen LogP contribution in [0.15, 0.2) is 0 Å². The second kappa shape index (κ2) is 4.67. The second-order valence-corrected chi connectivity index (χ2v) is 4.96. The number of hydrogen-bond donors (Lipinski definition) is 1. The Kier molecular flexibility index (Phi) is 3.44. The van der Waals surface area contributed by atoms with Crippen LogP contribution in [-0.4, -0.2) is 23.3 Å². The highest BCUT2D eigenvalue weighted by molar-refractivity contribution is 7.11. The van der Waals surface area contributed by atoms with Gasteiger partial charge in [0, 0.05) is 6.42 Å². The predicted octanol–water partition coefficient (Wildman–Crippen LogP) is 2.10. The minimum atomic E-state index is -4.36. The summed E-state index contributed by atoms with van der Waals surface area (Å²) in [6.45, 7) is 1.88. The second-order valence-electron chi connectivity index (χ2n) is 3.90. The van der Waals surface area contributed by atoms with Crippen LogP contribution in [0.1, 0.15) is 22.9 Å². The summed E-state index contributed by atoms with van der Waals surface area (Å²) in [5.41, 5.74) is 0. The van der Waals surface area contributed by atoms with Crippen LogP contribution in [0.3, 0.4) is 0 Å². The van der Waals surface area contributed by atoms with Gasteiger partial charge in [-0.3, -0.25) is 0 Å². The van der Waals surface area contributed by atoms with E-state index in [1.54, 1.807) is 0 Å². The standard InChI is InChI=1S/C9H12F3N3S/c10-9(11,12)8-15-14-7(16-8)5-6-1-3-13-4-2-6/h6,13H,1-5H2. The Morgan fingerprint density at radius 2 is 1.94 bits per heavy atom. The van der Waals surface area contributed by atoms with E-state index >= 15 is 0 Å². The largest absolute Gasteiger partial charge is 0.445 e. The number of hydrogen-bond acceptors (Lipinski definition) is 4. The SMILES string of the molecule is FC(F)(F)c1nnc(CC2CCNCC2)s1. The lowest BCUT2D eigenvalue weighted by Gasteiger charge is -2.21. The quantitative estimate of drug-likeness (QED) is 0.874. The zero-order chi connectivity index (χ0) is 11.6. The first-order valence-electron chi connectivity index (χ1n) is 5.16. The highest BCUT2D eigenvalue weighted by atomic mass is 32.1. The lowest BCUT2D eigenvalue weighted by Crippen LogP contribution is -2.28. The minimum absolute atomic E-state index is 0.440. The van der Waals surface area contributed by atoms with E-state index in [0.717, 1.165) is 25.9 Å². The van der Waals surface area contributed by atoms with Crippen molar-refractivity contribution in [2.75, 3.05) is 13.1 Å². The maximum atomic E-state index is 12.3. The molecule has 0 unspecified atom stereocenters. The van der Waals surface area contributed by atoms with Crippen LogP contribution in [0.5, 0.6) is 0 Å². The molecule has 3 nitrogen and oxygen atoms in total. The van der Waals surface area contributed by atoms with Gasteiger partial charge in [0.25, 0.3) is 0 Å². The maximum Gasteiger partial charge on any atom is 0.445 e. The van der Waals surface area contributed by atoms with E-state index in [9.17, 15) is 13.2 Å². The third-order valence-electron chi connectivity index (χ3n) is 2.63. The molecule has 1 aromatic rings. The van der Waals surface area contributed by atoms with Crippen molar-refractivity contribution in [3.05, 3.63) is 10.0 Å². The number of nitrogens with zero attached hydrogens (tertiary/aromatic N) is 2. The van der Waals surface area contributed by atoms with Gasteiger partial charge in [0.15, 0.2) is 0 Å². The third kappa shape index (κ3) is 2.91. The van der Waals surface area contributed by atoms with Gasteiger partial charge in [0.2, 0.25) is 5.01 Å². The summed E-state index contributed by atoms with van der Waals surface area (Å²) >= 11 is 0.666. The Balaban J connectivity index is 1.97. The minimum Gasteiger partial charge on any atom is -0.317 e. The van der Waals surface area contributed by atoms with Gasteiger partial charge in [0.1, 0.15) is 5.01 Å². The van der Waals surface area contributed by atoms with Crippen molar-refractivity contribution in [3.63, 3.8) is 0 Å². The third-order valence-corrected chi connectivity index (χ3v) is 3.62. The summed E-state index contributed by atoms with van der Waals surface area (Å²) in [6.07, 6.45) is -1.73. The average molecular weight is 251 g/mol. The molecule has 0 radical (unpaired) electrons. The number of rotatable bonds is 2. The van der Waals surface area contributed by atoms with Gasteiger partial charge in [-0.1, -0.05) is 11.3 Å². The topological polar surface area (TPSA) is 37.8 Å². The van der Waals surface area contributed by atoms with Crippen LogP contribution in [0, 0.1) is 5.92 Å². The predicted molar refractivity (Wildman–Crippen MR) is 54.2 cm³/mol. The lowest BCUT2D eigenvalue weighted by molar-refractivity contribution is -0.138. The average Bonchev–Trinajstić information content (AvgIpc) is 2.67. The molecule has 2 rings (SSSR count). The molecule has 0 atom stereocenters. The fourth-order valence-corrected chi connectivity index (χ4v) is 2.60. The Bertz CT molecular complexity index is 344. The molecule has 0 bridgehead atoms. The summed E-state index contributed by atoms with van der Waals surface area (Å²) in [5, 5.41) is 9.67. The van der Waals surface area contributed by atoms with E-state index < -0.39 is 11.2 Å². The Morgan fingerprint density at radius 3 is 2.50 bits per heavy atom. The van der Waals surface area contributed by atoms with Gasteiger partial charge in [-0.2, -0.15) is 13.2 Å². The van der Waals surface area contributed by atoms with Crippen LogP contribution in [-0.2, 0) is 12.6 Å². The van der Waals surface area contributed by atoms with Gasteiger partial charge in [-0.15, -0.1) is 10.2 Å². The zero-order valence-electron chi connectivity index (χ0n) is 8.55. The van der Waals surface area contributed by atoms with E-state index in [1.165, 1.54) is 0 Å². The summed E-state index contributed by atoms with van der Waals surface area (Å²) < 4.78 is 36.8. The van der Waals surface area contributed by atoms with Crippen molar-refractivity contribution < 1.29 is 13.2 Å². The van der Waals surface area contributed by atoms with Crippen LogP contribution in [0.4, 0.5) is 13.2 Å². The Labute approximate surface area is 95.1 Å². The fourth-order valence-electron chi connectivity index (χ4n) is 1.78. The summed E-state index contributed by atoms with van der Waals surface area (Å²) in [7, 11) is 0. The molecule has 16 heavy (non-hydrogen) atoms. The van der Waals surface area contributed by atoms with E-state index in [-0.39, 0.29) is 0 Å². The molecule has 1 aliphatic heterocycles. The van der Waals surface area contributed by atoms with E-state index in [0.29, 0.717) is 28.7 Å². The zero-order valence-corrected chi connectivity index (χ0v) is 9.37. The van der Waals surface area contributed by atoms with Gasteiger partial charge >= 0.3 is 6.18 Å². The monoisotopic (exact) mass is 251 g/mol. The van der Waals surface area contributed by atoms with Gasteiger partial charge in [-0.05, 0) is 31.8 Å². The van der Waals surface area contributed by atoms with Crippen molar-refractivity contribution in [2.24, 2.45) is 5.92 Å². The first-order valence-corrected chi connectivity index (χ1v) is 5.97. The van der Waals surface area contributed by atoms with Crippen molar-refractivity contribution in [1.29, 1.82) is 0 Å². The first-order chi connectivity index (χ1) is 7.55. The van der Waals surface area contributed by atoms with E-state index in [2.05, 4.69) is 15.5 Å². The van der Waals surface area contributed by atoms with Crippen LogP contribution in [0.2, 0.25) is 0 Å². The smallest absolute Gasteiger partial charge is 0.317 e. The highest BCUT2D eigenvalue weighted by Gasteiger charge is 2.35. The summed E-state index contributed by atoms with van der Waals surface area (Å²) in [4.78, 5) is 0. The molecular formula is C9H12F3N3S. The van der Waals surface area contributed by atoms with E-state index in [1.807, 2.05) is 0 Å². The molecule has 1 aliphatic rings. The van der Waals surface area contributed by atoms with Gasteiger partial charge in [-0.25, -0.2) is 0 Å². The lowest BCUT2D eigenvalue weighted by atomic mass is 9.95. The molecule has 1 saturated heterocycles. The maximum absolute atomic E-state index is 12.3. The molecule has 1 fully saturated rings. The van der Waals surface area contributed by atoms with E-state index in [4.69, 9.17) is 0 Å². The first kappa shape index (κ1) is 11.8. The highest BCUT2D eigenvalue weighted by Crippen LogP contribution is 2.32. The summed E-state index contributed by atoms with van der Waals surface area (Å²) in [6, 6.07) is 0. The Hall–Kier alpha value is -0.690. The number of alkyl halides is 3. The number of halogens is 3. The number of aromatic nitrogens is 2. The van der Waals surface area contributed by atoms with Crippen LogP contribution < -0.4 is 5.32 Å². The molecule has 90 valence electrons. The molecule has 1 aromatic heterocycles. The normalized spacial score (nSPS) is 18.9. The van der Waals surface area contributed by atoms with Crippen molar-refractivity contribution in [2.45, 2.75) is 25.4 Å². The van der Waals surface area contributed by atoms with Crippen molar-refractivity contribution in [3.8, 4) is 0 Å². The molecule has 0 saturated carbocycles. The molecule has 0 spiro atoms.